The molecule has 0 atom stereocenters. The minimum Gasteiger partial charge on any atom is -0.490 e. The third-order valence-corrected chi connectivity index (χ3v) is 3.26. The molecule has 1 aromatic carbocycles. The predicted molar refractivity (Wildman–Crippen MR) is 99.2 cm³/mol. The van der Waals surface area contributed by atoms with Crippen molar-refractivity contribution in [1.29, 1.82) is 0 Å². The molecule has 0 spiro atoms. The fourth-order valence-electron chi connectivity index (χ4n) is 2.20. The van der Waals surface area contributed by atoms with E-state index < -0.39 is 0 Å². The van der Waals surface area contributed by atoms with Gasteiger partial charge in [0, 0.05) is 18.0 Å². The lowest BCUT2D eigenvalue weighted by Crippen LogP contribution is -2.18. The van der Waals surface area contributed by atoms with Crippen molar-refractivity contribution in [3.05, 3.63) is 47.8 Å². The molecule has 0 fully saturated rings. The first-order valence-electron chi connectivity index (χ1n) is 8.49. The largest absolute Gasteiger partial charge is 0.490 e. The Labute approximate surface area is 153 Å². The monoisotopic (exact) mass is 357 g/mol. The third-order valence-electron chi connectivity index (χ3n) is 3.26. The van der Waals surface area contributed by atoms with Gasteiger partial charge in [-0.25, -0.2) is 5.43 Å². The number of hydrogen-bond donors (Lipinski definition) is 1. The number of nitrogens with zero attached hydrogens (tertiary/aromatic N) is 2. The molecule has 0 unspecified atom stereocenters. The molecule has 0 aliphatic carbocycles. The van der Waals surface area contributed by atoms with Crippen molar-refractivity contribution in [3.8, 4) is 17.2 Å². The van der Waals surface area contributed by atoms with Gasteiger partial charge in [-0.05, 0) is 50.6 Å². The second-order valence-corrected chi connectivity index (χ2v) is 5.08. The molecule has 0 saturated heterocycles. The van der Waals surface area contributed by atoms with Crippen LogP contribution in [0, 0.1) is 0 Å². The Balaban J connectivity index is 2.23. The molecular formula is C19H23N3O4. The highest BCUT2D eigenvalue weighted by Crippen LogP contribution is 2.39. The average Bonchev–Trinajstić information content (AvgIpc) is 2.65. The minimum absolute atomic E-state index is 0.368. The van der Waals surface area contributed by atoms with Crippen molar-refractivity contribution >= 4 is 12.1 Å². The molecule has 7 heteroatoms. The number of aromatic nitrogens is 1. The van der Waals surface area contributed by atoms with Gasteiger partial charge in [-0.15, -0.1) is 0 Å². The van der Waals surface area contributed by atoms with Gasteiger partial charge in [0.2, 0.25) is 5.75 Å². The van der Waals surface area contributed by atoms with Crippen LogP contribution in [-0.2, 0) is 0 Å². The molecule has 0 radical (unpaired) electrons. The summed E-state index contributed by atoms with van der Waals surface area (Å²) in [7, 11) is 0. The fraction of sp³-hybridized carbons (Fsp3) is 0.316. The van der Waals surface area contributed by atoms with Crippen LogP contribution in [0.15, 0.2) is 41.8 Å². The Bertz CT molecular complexity index is 721. The van der Waals surface area contributed by atoms with Crippen LogP contribution in [-0.4, -0.2) is 36.9 Å². The van der Waals surface area contributed by atoms with Gasteiger partial charge < -0.3 is 14.2 Å². The molecule has 2 aromatic rings. The van der Waals surface area contributed by atoms with Crippen LogP contribution >= 0.6 is 0 Å². The minimum atomic E-state index is -0.375. The number of benzene rings is 1. The Kier molecular flexibility index (Phi) is 7.42. The maximum atomic E-state index is 12.4. The Morgan fingerprint density at radius 2 is 1.62 bits per heavy atom. The van der Waals surface area contributed by atoms with E-state index in [1.54, 1.807) is 42.9 Å². The summed E-state index contributed by atoms with van der Waals surface area (Å²) in [4.78, 5) is 16.4. The van der Waals surface area contributed by atoms with Gasteiger partial charge in [0.15, 0.2) is 11.5 Å². The quantitative estimate of drug-likeness (QED) is 0.551. The SMILES string of the molecule is CCOc1cc(C(=O)N/N=C\c2ccncc2)cc(OCC)c1OCC. The summed E-state index contributed by atoms with van der Waals surface area (Å²) in [5.41, 5.74) is 3.69. The zero-order chi connectivity index (χ0) is 18.8. The normalized spacial score (nSPS) is 10.6. The molecule has 1 heterocycles. The zero-order valence-corrected chi connectivity index (χ0v) is 15.2. The first kappa shape index (κ1) is 19.2. The van der Waals surface area contributed by atoms with Crippen LogP contribution in [0.2, 0.25) is 0 Å². The highest BCUT2D eigenvalue weighted by atomic mass is 16.5. The molecule has 0 aliphatic rings. The highest BCUT2D eigenvalue weighted by molar-refractivity contribution is 5.96. The first-order valence-corrected chi connectivity index (χ1v) is 8.49. The lowest BCUT2D eigenvalue weighted by atomic mass is 10.1. The number of pyridine rings is 1. The predicted octanol–water partition coefficient (Wildman–Crippen LogP) is 3.04. The van der Waals surface area contributed by atoms with Gasteiger partial charge in [0.25, 0.3) is 5.91 Å². The second-order valence-electron chi connectivity index (χ2n) is 5.08. The van der Waals surface area contributed by atoms with Crippen LogP contribution in [0.3, 0.4) is 0 Å². The molecule has 0 bridgehead atoms. The molecule has 26 heavy (non-hydrogen) atoms. The van der Waals surface area contributed by atoms with Crippen molar-refractivity contribution < 1.29 is 19.0 Å². The van der Waals surface area contributed by atoms with E-state index in [0.717, 1.165) is 5.56 Å². The lowest BCUT2D eigenvalue weighted by Gasteiger charge is -2.16. The van der Waals surface area contributed by atoms with Crippen LogP contribution in [0.25, 0.3) is 0 Å². The van der Waals surface area contributed by atoms with Crippen molar-refractivity contribution in [3.63, 3.8) is 0 Å². The van der Waals surface area contributed by atoms with E-state index >= 15 is 0 Å². The number of rotatable bonds is 9. The van der Waals surface area contributed by atoms with Crippen LogP contribution in [0.4, 0.5) is 0 Å². The van der Waals surface area contributed by atoms with Crippen molar-refractivity contribution in [2.24, 2.45) is 5.10 Å². The van der Waals surface area contributed by atoms with Crippen LogP contribution in [0.5, 0.6) is 17.2 Å². The molecule has 138 valence electrons. The number of amides is 1. The maximum absolute atomic E-state index is 12.4. The van der Waals surface area contributed by atoms with Crippen molar-refractivity contribution in [2.75, 3.05) is 19.8 Å². The van der Waals surface area contributed by atoms with E-state index in [1.165, 1.54) is 0 Å². The topological polar surface area (TPSA) is 82.0 Å². The Morgan fingerprint density at radius 3 is 2.15 bits per heavy atom. The lowest BCUT2D eigenvalue weighted by molar-refractivity contribution is 0.0954. The van der Waals surface area contributed by atoms with Crippen molar-refractivity contribution in [2.45, 2.75) is 20.8 Å². The molecule has 1 amide bonds. The highest BCUT2D eigenvalue weighted by Gasteiger charge is 2.18. The van der Waals surface area contributed by atoms with Gasteiger partial charge in [-0.1, -0.05) is 0 Å². The van der Waals surface area contributed by atoms with E-state index in [4.69, 9.17) is 14.2 Å². The fourth-order valence-corrected chi connectivity index (χ4v) is 2.20. The number of carbonyl (C=O) groups excluding carboxylic acids is 1. The summed E-state index contributed by atoms with van der Waals surface area (Å²) in [5.74, 6) is 1.04. The summed E-state index contributed by atoms with van der Waals surface area (Å²) >= 11 is 0. The number of nitrogens with one attached hydrogen (secondary N) is 1. The number of hydrogen-bond acceptors (Lipinski definition) is 6. The molecule has 0 saturated carbocycles. The summed E-state index contributed by atoms with van der Waals surface area (Å²) < 4.78 is 16.9. The van der Waals surface area contributed by atoms with E-state index in [9.17, 15) is 4.79 Å². The Hall–Kier alpha value is -3.09. The smallest absolute Gasteiger partial charge is 0.271 e. The summed E-state index contributed by atoms with van der Waals surface area (Å²) in [6, 6.07) is 6.81. The third kappa shape index (κ3) is 5.20. The summed E-state index contributed by atoms with van der Waals surface area (Å²) in [5, 5.41) is 3.96. The van der Waals surface area contributed by atoms with Crippen LogP contribution in [0.1, 0.15) is 36.7 Å². The van der Waals surface area contributed by atoms with Gasteiger partial charge in [-0.3, -0.25) is 9.78 Å². The first-order chi connectivity index (χ1) is 12.7. The van der Waals surface area contributed by atoms with Crippen molar-refractivity contribution in [1.82, 2.24) is 10.4 Å². The Morgan fingerprint density at radius 1 is 1.04 bits per heavy atom. The molecular weight excluding hydrogens is 334 g/mol. The van der Waals surface area contributed by atoms with E-state index in [0.29, 0.717) is 42.6 Å². The number of hydrazone groups is 1. The van der Waals surface area contributed by atoms with Gasteiger partial charge in [0.05, 0.1) is 26.0 Å². The van der Waals surface area contributed by atoms with Gasteiger partial charge >= 0.3 is 0 Å². The molecule has 1 N–H and O–H groups in total. The van der Waals surface area contributed by atoms with E-state index in [1.807, 2.05) is 20.8 Å². The van der Waals surface area contributed by atoms with E-state index in [2.05, 4.69) is 15.5 Å². The standard InChI is InChI=1S/C19H23N3O4/c1-4-24-16-11-15(12-17(25-5-2)18(16)26-6-3)19(23)22-21-13-14-7-9-20-10-8-14/h7-13H,4-6H2,1-3H3,(H,22,23)/b21-13-. The summed E-state index contributed by atoms with van der Waals surface area (Å²) in [6.07, 6.45) is 4.85. The van der Waals surface area contributed by atoms with E-state index in [-0.39, 0.29) is 5.91 Å². The molecule has 1 aromatic heterocycles. The average molecular weight is 357 g/mol. The second kappa shape index (κ2) is 10.0. The van der Waals surface area contributed by atoms with Gasteiger partial charge in [-0.2, -0.15) is 5.10 Å². The van der Waals surface area contributed by atoms with Crippen LogP contribution < -0.4 is 19.6 Å². The molecule has 2 rings (SSSR count). The maximum Gasteiger partial charge on any atom is 0.271 e. The van der Waals surface area contributed by atoms with Gasteiger partial charge in [0.1, 0.15) is 0 Å². The number of ether oxygens (including phenoxy) is 3. The molecule has 0 aliphatic heterocycles. The zero-order valence-electron chi connectivity index (χ0n) is 15.2. The molecule has 7 nitrogen and oxygen atoms in total. The number of carbonyl (C=O) groups is 1. The summed E-state index contributed by atoms with van der Waals surface area (Å²) in [6.45, 7) is 6.94.